The molecule has 1 heterocycles. The number of methoxy groups -OCH3 is 1. The summed E-state index contributed by atoms with van der Waals surface area (Å²) in [6.07, 6.45) is 0. The fraction of sp³-hybridized carbons (Fsp3) is 0.250. The molecule has 0 aliphatic rings. The molecule has 0 spiro atoms. The van der Waals surface area contributed by atoms with Gasteiger partial charge in [0.15, 0.2) is 0 Å². The molecule has 0 saturated carbocycles. The molecule has 0 aliphatic carbocycles. The van der Waals surface area contributed by atoms with Gasteiger partial charge in [-0.3, -0.25) is 14.2 Å². The van der Waals surface area contributed by atoms with Crippen LogP contribution in [0.4, 0.5) is 4.39 Å². The summed E-state index contributed by atoms with van der Waals surface area (Å²) >= 11 is 0. The van der Waals surface area contributed by atoms with Gasteiger partial charge in [0.05, 0.1) is 23.2 Å². The van der Waals surface area contributed by atoms with E-state index in [1.165, 1.54) is 35.9 Å². The summed E-state index contributed by atoms with van der Waals surface area (Å²) in [6, 6.07) is 11.0. The second kappa shape index (κ2) is 8.18. The molecule has 2 aromatic carbocycles. The molecular weight excluding hydrogens is 365 g/mol. The average molecular weight is 385 g/mol. The molecule has 7 nitrogen and oxygen atoms in total. The summed E-state index contributed by atoms with van der Waals surface area (Å²) in [4.78, 5) is 38.6. The third-order valence-corrected chi connectivity index (χ3v) is 4.46. The first-order valence-electron chi connectivity index (χ1n) is 8.75. The number of hydrogen-bond donors (Lipinski definition) is 1. The monoisotopic (exact) mass is 385 g/mol. The third kappa shape index (κ3) is 3.46. The zero-order valence-corrected chi connectivity index (χ0v) is 15.5. The minimum atomic E-state index is -0.923. The zero-order valence-electron chi connectivity index (χ0n) is 15.5. The molecule has 3 aromatic rings. The Morgan fingerprint density at radius 2 is 1.82 bits per heavy atom. The van der Waals surface area contributed by atoms with E-state index in [2.05, 4.69) is 5.32 Å². The number of amides is 1. The van der Waals surface area contributed by atoms with Crippen molar-refractivity contribution in [2.75, 3.05) is 20.3 Å². The van der Waals surface area contributed by atoms with Gasteiger partial charge >= 0.3 is 5.69 Å². The van der Waals surface area contributed by atoms with Crippen LogP contribution >= 0.6 is 0 Å². The smallest absolute Gasteiger partial charge is 0.336 e. The summed E-state index contributed by atoms with van der Waals surface area (Å²) in [5, 5.41) is 2.88. The fourth-order valence-electron chi connectivity index (χ4n) is 3.04. The first-order chi connectivity index (χ1) is 13.5. The number of carbonyl (C=O) groups excluding carboxylic acids is 1. The fourth-order valence-corrected chi connectivity index (χ4v) is 3.04. The maximum Gasteiger partial charge on any atom is 0.336 e. The quantitative estimate of drug-likeness (QED) is 0.654. The minimum Gasteiger partial charge on any atom is -0.383 e. The molecule has 0 saturated heterocycles. The van der Waals surface area contributed by atoms with E-state index in [4.69, 9.17) is 4.74 Å². The number of benzene rings is 2. The summed E-state index contributed by atoms with van der Waals surface area (Å²) in [5.74, 6) is -1.12. The van der Waals surface area contributed by atoms with Crippen LogP contribution in [0, 0.1) is 5.82 Å². The van der Waals surface area contributed by atoms with Gasteiger partial charge in [0.25, 0.3) is 5.56 Å². The lowest BCUT2D eigenvalue weighted by Gasteiger charge is -2.19. The highest BCUT2D eigenvalue weighted by Crippen LogP contribution is 2.16. The van der Waals surface area contributed by atoms with Crippen LogP contribution in [0.5, 0.6) is 0 Å². The molecule has 1 amide bonds. The Balaban J connectivity index is 2.26. The summed E-state index contributed by atoms with van der Waals surface area (Å²) in [5.41, 5.74) is -1.29. The molecule has 1 atom stereocenters. The predicted molar refractivity (Wildman–Crippen MR) is 103 cm³/mol. The molecule has 0 unspecified atom stereocenters. The first kappa shape index (κ1) is 19.5. The van der Waals surface area contributed by atoms with E-state index >= 15 is 0 Å². The summed E-state index contributed by atoms with van der Waals surface area (Å²) in [6.45, 7) is 2.15. The molecule has 1 N–H and O–H groups in total. The van der Waals surface area contributed by atoms with Crippen molar-refractivity contribution in [1.82, 2.24) is 14.5 Å². The largest absolute Gasteiger partial charge is 0.383 e. The van der Waals surface area contributed by atoms with Gasteiger partial charge in [-0.25, -0.2) is 13.8 Å². The van der Waals surface area contributed by atoms with Crippen LogP contribution in [0.2, 0.25) is 0 Å². The van der Waals surface area contributed by atoms with Crippen LogP contribution in [-0.2, 0) is 9.53 Å². The Morgan fingerprint density at radius 3 is 2.54 bits per heavy atom. The number of rotatable bonds is 6. The first-order valence-corrected chi connectivity index (χ1v) is 8.75. The molecule has 0 fully saturated rings. The lowest BCUT2D eigenvalue weighted by molar-refractivity contribution is -0.124. The standard InChI is InChI=1S/C20H20FN3O4/c1-13(18(25)22-11-12-28-2)23-16-9-5-3-7-14(16)19(26)24(20(23)27)17-10-6-4-8-15(17)21/h3-10,13H,11-12H2,1-2H3,(H,22,25)/t13-/m1/s1. The van der Waals surface area contributed by atoms with E-state index in [0.717, 1.165) is 4.57 Å². The highest BCUT2D eigenvalue weighted by Gasteiger charge is 2.23. The Morgan fingerprint density at radius 1 is 1.14 bits per heavy atom. The third-order valence-electron chi connectivity index (χ3n) is 4.46. The van der Waals surface area contributed by atoms with Crippen molar-refractivity contribution in [2.45, 2.75) is 13.0 Å². The van der Waals surface area contributed by atoms with Crippen molar-refractivity contribution >= 4 is 16.8 Å². The predicted octanol–water partition coefficient (Wildman–Crippen LogP) is 1.62. The molecule has 1 aromatic heterocycles. The van der Waals surface area contributed by atoms with Crippen LogP contribution in [0.15, 0.2) is 58.1 Å². The Bertz CT molecular complexity index is 1140. The van der Waals surface area contributed by atoms with Crippen molar-refractivity contribution < 1.29 is 13.9 Å². The Labute approximate surface area is 160 Å². The minimum absolute atomic E-state index is 0.163. The lowest BCUT2D eigenvalue weighted by Crippen LogP contribution is -2.44. The van der Waals surface area contributed by atoms with Gasteiger partial charge in [0, 0.05) is 13.7 Å². The molecule has 3 rings (SSSR count). The molecule has 0 aliphatic heterocycles. The van der Waals surface area contributed by atoms with Gasteiger partial charge in [-0.2, -0.15) is 0 Å². The van der Waals surface area contributed by atoms with Gasteiger partial charge in [0.1, 0.15) is 11.9 Å². The van der Waals surface area contributed by atoms with E-state index in [1.807, 2.05) is 0 Å². The maximum atomic E-state index is 14.3. The lowest BCUT2D eigenvalue weighted by atomic mass is 10.2. The average Bonchev–Trinajstić information content (AvgIpc) is 2.69. The number of carbonyl (C=O) groups is 1. The summed E-state index contributed by atoms with van der Waals surface area (Å²) < 4.78 is 21.2. The number of fused-ring (bicyclic) bond motifs is 1. The number of ether oxygens (including phenoxy) is 1. The van der Waals surface area contributed by atoms with Crippen molar-refractivity contribution in [2.24, 2.45) is 0 Å². The SMILES string of the molecule is COCCNC(=O)[C@@H](C)n1c(=O)n(-c2ccccc2F)c(=O)c2ccccc21. The van der Waals surface area contributed by atoms with E-state index in [9.17, 15) is 18.8 Å². The number of nitrogens with one attached hydrogen (secondary N) is 1. The van der Waals surface area contributed by atoms with Crippen LogP contribution in [0.25, 0.3) is 16.6 Å². The zero-order chi connectivity index (χ0) is 20.3. The van der Waals surface area contributed by atoms with E-state index in [-0.39, 0.29) is 17.6 Å². The van der Waals surface area contributed by atoms with Crippen molar-refractivity contribution in [3.63, 3.8) is 0 Å². The van der Waals surface area contributed by atoms with E-state index in [1.54, 1.807) is 31.2 Å². The Kier molecular flexibility index (Phi) is 5.70. The van der Waals surface area contributed by atoms with Crippen LogP contribution in [0.3, 0.4) is 0 Å². The number of nitrogens with zero attached hydrogens (tertiary/aromatic N) is 2. The van der Waals surface area contributed by atoms with Crippen molar-refractivity contribution in [3.8, 4) is 5.69 Å². The number of halogens is 1. The van der Waals surface area contributed by atoms with Crippen molar-refractivity contribution in [1.29, 1.82) is 0 Å². The van der Waals surface area contributed by atoms with Gasteiger partial charge in [0.2, 0.25) is 5.91 Å². The molecule has 146 valence electrons. The topological polar surface area (TPSA) is 82.3 Å². The van der Waals surface area contributed by atoms with Gasteiger partial charge < -0.3 is 10.1 Å². The van der Waals surface area contributed by atoms with Crippen LogP contribution in [-0.4, -0.2) is 35.3 Å². The number of para-hydroxylation sites is 2. The molecule has 28 heavy (non-hydrogen) atoms. The molecular formula is C20H20FN3O4. The second-order valence-electron chi connectivity index (χ2n) is 6.22. The summed E-state index contributed by atoms with van der Waals surface area (Å²) in [7, 11) is 1.51. The Hall–Kier alpha value is -3.26. The highest BCUT2D eigenvalue weighted by molar-refractivity contribution is 5.84. The highest BCUT2D eigenvalue weighted by atomic mass is 19.1. The van der Waals surface area contributed by atoms with E-state index in [0.29, 0.717) is 12.1 Å². The van der Waals surface area contributed by atoms with Gasteiger partial charge in [-0.1, -0.05) is 24.3 Å². The number of aromatic nitrogens is 2. The van der Waals surface area contributed by atoms with E-state index < -0.39 is 29.0 Å². The van der Waals surface area contributed by atoms with Gasteiger partial charge in [-0.15, -0.1) is 0 Å². The molecule has 0 radical (unpaired) electrons. The normalized spacial score (nSPS) is 12.1. The molecule has 8 heteroatoms. The molecule has 0 bridgehead atoms. The number of hydrogen-bond acceptors (Lipinski definition) is 4. The van der Waals surface area contributed by atoms with Crippen LogP contribution < -0.4 is 16.6 Å². The second-order valence-corrected chi connectivity index (χ2v) is 6.22. The van der Waals surface area contributed by atoms with Crippen LogP contribution in [0.1, 0.15) is 13.0 Å². The van der Waals surface area contributed by atoms with Gasteiger partial charge in [-0.05, 0) is 31.2 Å². The van der Waals surface area contributed by atoms with Crippen molar-refractivity contribution in [3.05, 3.63) is 75.2 Å². The maximum absolute atomic E-state index is 14.3.